The summed E-state index contributed by atoms with van der Waals surface area (Å²) >= 11 is 14.4. The second-order valence-corrected chi connectivity index (χ2v) is 11.2. The number of halogens is 3. The highest BCUT2D eigenvalue weighted by Crippen LogP contribution is 2.31. The molecule has 3 atom stereocenters. The molecule has 3 unspecified atom stereocenters. The predicted octanol–water partition coefficient (Wildman–Crippen LogP) is 4.30. The number of amides is 2. The molecule has 210 valence electrons. The fourth-order valence-corrected chi connectivity index (χ4v) is 5.16. The van der Waals surface area contributed by atoms with Gasteiger partial charge >= 0.3 is 0 Å². The Hall–Kier alpha value is -2.18. The fourth-order valence-electron chi connectivity index (χ4n) is 4.32. The van der Waals surface area contributed by atoms with Crippen LogP contribution < -0.4 is 10.1 Å². The standard InChI is InChI=1S/C28H31Cl2IN2O6/c1-17(35)5-4-8-26(36)33(16-18-9-10-20(29)21(30)13-18)23-14-19(28(38)32-11-12-34)15-25(27(23)37)39-24-7-3-2-6-22(24)31/h2-3,6-7,9-10,13,15,23,25,27,34,37H,4-5,8,11-12,14,16H2,1H3,(H,32,38). The van der Waals surface area contributed by atoms with Gasteiger partial charge in [0.1, 0.15) is 23.7 Å². The van der Waals surface area contributed by atoms with E-state index in [2.05, 4.69) is 27.9 Å². The molecular formula is C28H31Cl2IN2O6. The number of hydrogen-bond donors (Lipinski definition) is 3. The summed E-state index contributed by atoms with van der Waals surface area (Å²) in [7, 11) is 0. The number of carbonyl (C=O) groups is 3. The third-order valence-electron chi connectivity index (χ3n) is 6.29. The van der Waals surface area contributed by atoms with Gasteiger partial charge in [0, 0.05) is 37.9 Å². The van der Waals surface area contributed by atoms with Crippen molar-refractivity contribution in [2.75, 3.05) is 13.2 Å². The summed E-state index contributed by atoms with van der Waals surface area (Å²) in [4.78, 5) is 39.5. The number of hydrogen-bond acceptors (Lipinski definition) is 6. The molecule has 2 aromatic rings. The molecule has 3 rings (SSSR count). The highest BCUT2D eigenvalue weighted by molar-refractivity contribution is 14.1. The Labute approximate surface area is 251 Å². The molecule has 39 heavy (non-hydrogen) atoms. The molecule has 0 radical (unpaired) electrons. The van der Waals surface area contributed by atoms with Crippen LogP contribution in [0.2, 0.25) is 10.0 Å². The van der Waals surface area contributed by atoms with Crippen LogP contribution in [0.5, 0.6) is 5.75 Å². The number of para-hydroxylation sites is 1. The van der Waals surface area contributed by atoms with Crippen molar-refractivity contribution in [2.45, 2.75) is 57.4 Å². The summed E-state index contributed by atoms with van der Waals surface area (Å²) in [5.74, 6) is -0.196. The van der Waals surface area contributed by atoms with Gasteiger partial charge in [-0.25, -0.2) is 0 Å². The maximum Gasteiger partial charge on any atom is 0.247 e. The third-order valence-corrected chi connectivity index (χ3v) is 7.92. The Kier molecular flexibility index (Phi) is 12.1. The van der Waals surface area contributed by atoms with E-state index >= 15 is 0 Å². The number of nitrogens with zero attached hydrogens (tertiary/aromatic N) is 1. The van der Waals surface area contributed by atoms with Crippen molar-refractivity contribution in [1.82, 2.24) is 10.2 Å². The highest BCUT2D eigenvalue weighted by atomic mass is 127. The predicted molar refractivity (Wildman–Crippen MR) is 158 cm³/mol. The largest absolute Gasteiger partial charge is 0.482 e. The molecule has 1 aliphatic carbocycles. The monoisotopic (exact) mass is 688 g/mol. The first-order chi connectivity index (χ1) is 18.6. The lowest BCUT2D eigenvalue weighted by molar-refractivity contribution is -0.139. The van der Waals surface area contributed by atoms with E-state index in [4.69, 9.17) is 27.9 Å². The van der Waals surface area contributed by atoms with Crippen LogP contribution in [0.15, 0.2) is 54.1 Å². The van der Waals surface area contributed by atoms with Crippen LogP contribution in [-0.2, 0) is 20.9 Å². The molecule has 2 amide bonds. The number of carbonyl (C=O) groups excluding carboxylic acids is 3. The Morgan fingerprint density at radius 2 is 1.87 bits per heavy atom. The van der Waals surface area contributed by atoms with Gasteiger partial charge in [-0.3, -0.25) is 9.59 Å². The van der Waals surface area contributed by atoms with Gasteiger partial charge in [0.25, 0.3) is 0 Å². The van der Waals surface area contributed by atoms with Gasteiger partial charge in [-0.1, -0.05) is 41.4 Å². The van der Waals surface area contributed by atoms with Gasteiger partial charge < -0.3 is 30.0 Å². The average Bonchev–Trinajstić information content (AvgIpc) is 2.90. The van der Waals surface area contributed by atoms with Gasteiger partial charge in [0.2, 0.25) is 11.8 Å². The normalized spacial score (nSPS) is 18.7. The summed E-state index contributed by atoms with van der Waals surface area (Å²) in [6.07, 6.45) is 0.217. The number of ether oxygens (including phenoxy) is 1. The SMILES string of the molecule is CC(=O)CCCC(=O)N(Cc1ccc(Cl)c(Cl)c1)C1CC(C(=O)NCCO)=CC(Oc2ccccc2I)C1O. The second-order valence-electron chi connectivity index (χ2n) is 9.27. The minimum absolute atomic E-state index is 0.0202. The Balaban J connectivity index is 1.98. The van der Waals surface area contributed by atoms with E-state index in [9.17, 15) is 24.6 Å². The molecule has 0 spiro atoms. The molecule has 2 aromatic carbocycles. The van der Waals surface area contributed by atoms with E-state index in [1.165, 1.54) is 11.8 Å². The maximum absolute atomic E-state index is 13.5. The summed E-state index contributed by atoms with van der Waals surface area (Å²) in [5, 5.41) is 24.0. The van der Waals surface area contributed by atoms with Crippen LogP contribution in [-0.4, -0.2) is 64.1 Å². The van der Waals surface area contributed by atoms with Crippen LogP contribution in [0.4, 0.5) is 0 Å². The molecule has 0 aromatic heterocycles. The molecule has 0 aliphatic heterocycles. The lowest BCUT2D eigenvalue weighted by Gasteiger charge is -2.40. The molecule has 0 bridgehead atoms. The van der Waals surface area contributed by atoms with E-state index in [0.29, 0.717) is 33.4 Å². The summed E-state index contributed by atoms with van der Waals surface area (Å²) in [6.45, 7) is 1.39. The Bertz CT molecular complexity index is 1220. The van der Waals surface area contributed by atoms with Crippen molar-refractivity contribution in [3.63, 3.8) is 0 Å². The zero-order chi connectivity index (χ0) is 28.5. The van der Waals surface area contributed by atoms with Gasteiger partial charge in [-0.2, -0.15) is 0 Å². The lowest BCUT2D eigenvalue weighted by atomic mass is 9.87. The van der Waals surface area contributed by atoms with E-state index in [1.807, 2.05) is 12.1 Å². The number of aliphatic hydroxyl groups excluding tert-OH is 2. The minimum atomic E-state index is -1.17. The van der Waals surface area contributed by atoms with E-state index < -0.39 is 24.2 Å². The molecule has 0 saturated heterocycles. The molecule has 3 N–H and O–H groups in total. The number of rotatable bonds is 12. The maximum atomic E-state index is 13.5. The topological polar surface area (TPSA) is 116 Å². The molecule has 0 saturated carbocycles. The first kappa shape index (κ1) is 31.3. The Morgan fingerprint density at radius 3 is 2.54 bits per heavy atom. The number of ketones is 1. The van der Waals surface area contributed by atoms with Crippen molar-refractivity contribution in [1.29, 1.82) is 0 Å². The number of Topliss-reactive ketones (excluding diaryl/α,β-unsaturated/α-hetero) is 1. The van der Waals surface area contributed by atoms with Crippen molar-refractivity contribution in [3.05, 3.63) is 73.3 Å². The Morgan fingerprint density at radius 1 is 1.13 bits per heavy atom. The highest BCUT2D eigenvalue weighted by Gasteiger charge is 2.40. The third kappa shape index (κ3) is 8.91. The minimum Gasteiger partial charge on any atom is -0.482 e. The number of benzene rings is 2. The first-order valence-corrected chi connectivity index (χ1v) is 14.4. The molecule has 11 heteroatoms. The van der Waals surface area contributed by atoms with E-state index in [1.54, 1.807) is 36.4 Å². The number of aliphatic hydroxyl groups is 2. The number of nitrogens with one attached hydrogen (secondary N) is 1. The fraction of sp³-hybridized carbons (Fsp3) is 0.393. The van der Waals surface area contributed by atoms with Gasteiger partial charge in [0.05, 0.1) is 26.3 Å². The van der Waals surface area contributed by atoms with Gasteiger partial charge in [-0.05, 0) is 71.8 Å². The van der Waals surface area contributed by atoms with Crippen molar-refractivity contribution in [3.8, 4) is 5.75 Å². The summed E-state index contributed by atoms with van der Waals surface area (Å²) in [6, 6.07) is 11.5. The zero-order valence-electron chi connectivity index (χ0n) is 21.4. The van der Waals surface area contributed by atoms with E-state index in [0.717, 1.165) is 3.57 Å². The van der Waals surface area contributed by atoms with Crippen LogP contribution >= 0.6 is 45.8 Å². The van der Waals surface area contributed by atoms with Crippen LogP contribution in [0.1, 0.15) is 38.2 Å². The summed E-state index contributed by atoms with van der Waals surface area (Å²) < 4.78 is 6.97. The lowest BCUT2D eigenvalue weighted by Crippen LogP contribution is -2.54. The molecule has 0 fully saturated rings. The smallest absolute Gasteiger partial charge is 0.247 e. The van der Waals surface area contributed by atoms with E-state index in [-0.39, 0.29) is 50.6 Å². The molecule has 0 heterocycles. The quantitative estimate of drug-likeness (QED) is 0.287. The second kappa shape index (κ2) is 15.0. The van der Waals surface area contributed by atoms with Crippen molar-refractivity contribution < 1.29 is 29.3 Å². The van der Waals surface area contributed by atoms with Gasteiger partial charge in [0.15, 0.2) is 0 Å². The molecular weight excluding hydrogens is 658 g/mol. The van der Waals surface area contributed by atoms with Crippen LogP contribution in [0.3, 0.4) is 0 Å². The first-order valence-electron chi connectivity index (χ1n) is 12.5. The molecule has 1 aliphatic rings. The van der Waals surface area contributed by atoms with Crippen molar-refractivity contribution >= 4 is 63.4 Å². The zero-order valence-corrected chi connectivity index (χ0v) is 25.1. The van der Waals surface area contributed by atoms with Gasteiger partial charge in [-0.15, -0.1) is 0 Å². The average molecular weight is 689 g/mol. The van der Waals surface area contributed by atoms with Crippen LogP contribution in [0, 0.1) is 3.57 Å². The summed E-state index contributed by atoms with van der Waals surface area (Å²) in [5.41, 5.74) is 1.01. The van der Waals surface area contributed by atoms with Crippen LogP contribution in [0.25, 0.3) is 0 Å². The molecule has 8 nitrogen and oxygen atoms in total. The van der Waals surface area contributed by atoms with Crippen molar-refractivity contribution in [2.24, 2.45) is 0 Å².